The number of para-hydroxylation sites is 1. The van der Waals surface area contributed by atoms with Crippen molar-refractivity contribution < 1.29 is 9.26 Å². The Bertz CT molecular complexity index is 1310. The van der Waals surface area contributed by atoms with Gasteiger partial charge in [0.15, 0.2) is 5.76 Å². The van der Waals surface area contributed by atoms with Crippen molar-refractivity contribution in [2.75, 3.05) is 5.32 Å². The van der Waals surface area contributed by atoms with Gasteiger partial charge in [-0.05, 0) is 36.2 Å². The van der Waals surface area contributed by atoms with E-state index in [4.69, 9.17) is 9.26 Å². The molecule has 0 aliphatic rings. The monoisotopic (exact) mass is 419 g/mol. The molecule has 5 rings (SSSR count). The van der Waals surface area contributed by atoms with Crippen LogP contribution in [0.15, 0.2) is 108 Å². The third-order valence-corrected chi connectivity index (χ3v) is 5.06. The maximum atomic E-state index is 5.85. The molecule has 0 unspecified atom stereocenters. The first-order chi connectivity index (χ1) is 15.8. The average Bonchev–Trinajstić information content (AvgIpc) is 3.20. The summed E-state index contributed by atoms with van der Waals surface area (Å²) in [5, 5.41) is 7.51. The highest BCUT2D eigenvalue weighted by molar-refractivity contribution is 5.79. The maximum absolute atomic E-state index is 5.85. The van der Waals surface area contributed by atoms with Gasteiger partial charge < -0.3 is 14.6 Å². The summed E-state index contributed by atoms with van der Waals surface area (Å²) in [4.78, 5) is 4.57. The van der Waals surface area contributed by atoms with Crippen LogP contribution in [0, 0.1) is 6.92 Å². The van der Waals surface area contributed by atoms with E-state index in [2.05, 4.69) is 39.7 Å². The van der Waals surface area contributed by atoms with Crippen molar-refractivity contribution in [3.63, 3.8) is 0 Å². The summed E-state index contributed by atoms with van der Waals surface area (Å²) in [5.41, 5.74) is 4.78. The van der Waals surface area contributed by atoms with Crippen LogP contribution >= 0.6 is 0 Å². The summed E-state index contributed by atoms with van der Waals surface area (Å²) in [6.45, 7) is 1.90. The number of nitrogens with one attached hydrogen (secondary N) is 1. The molecule has 0 saturated carbocycles. The molecule has 5 heteroatoms. The topological polar surface area (TPSA) is 60.2 Å². The summed E-state index contributed by atoms with van der Waals surface area (Å²) in [6.07, 6.45) is 0. The molecular weight excluding hydrogens is 398 g/mol. The Hall–Kier alpha value is -4.38. The van der Waals surface area contributed by atoms with Crippen LogP contribution in [0.5, 0.6) is 11.6 Å². The van der Waals surface area contributed by atoms with Crippen LogP contribution in [-0.2, 0) is 0 Å². The molecule has 1 N–H and O–H groups in total. The number of ether oxygens (including phenoxy) is 1. The molecule has 5 aromatic rings. The van der Waals surface area contributed by atoms with E-state index in [0.717, 1.165) is 28.3 Å². The second kappa shape index (κ2) is 8.78. The first kappa shape index (κ1) is 19.6. The Morgan fingerprint density at radius 2 is 1.34 bits per heavy atom. The molecule has 2 aromatic heterocycles. The number of aryl methyl sites for hydroxylation is 1. The minimum absolute atomic E-state index is 0.504. The van der Waals surface area contributed by atoms with E-state index in [1.807, 2.05) is 85.8 Å². The van der Waals surface area contributed by atoms with Crippen molar-refractivity contribution >= 4 is 11.5 Å². The summed E-state index contributed by atoms with van der Waals surface area (Å²) >= 11 is 0. The predicted octanol–water partition coefficient (Wildman–Crippen LogP) is 7.25. The lowest BCUT2D eigenvalue weighted by molar-refractivity contribution is 0.427. The molecule has 32 heavy (non-hydrogen) atoms. The molecule has 0 aliphatic carbocycles. The number of hydrogen-bond donors (Lipinski definition) is 1. The van der Waals surface area contributed by atoms with Crippen molar-refractivity contribution in [2.24, 2.45) is 0 Å². The van der Waals surface area contributed by atoms with Gasteiger partial charge in [0.25, 0.3) is 0 Å². The zero-order valence-corrected chi connectivity index (χ0v) is 17.5. The molecule has 0 bridgehead atoms. The second-order valence-corrected chi connectivity index (χ2v) is 7.32. The number of nitrogens with zero attached hydrogens (tertiary/aromatic N) is 2. The quantitative estimate of drug-likeness (QED) is 0.314. The fraction of sp³-hybridized carbons (Fsp3) is 0.0370. The SMILES string of the molecule is Cc1noc(-c2ccc(-c3ccccc3)cc2)c1Nc1cccc(Oc2ccccc2)n1. The van der Waals surface area contributed by atoms with Crippen LogP contribution in [0.3, 0.4) is 0 Å². The first-order valence-electron chi connectivity index (χ1n) is 10.4. The van der Waals surface area contributed by atoms with Gasteiger partial charge in [-0.25, -0.2) is 0 Å². The van der Waals surface area contributed by atoms with Gasteiger partial charge >= 0.3 is 0 Å². The van der Waals surface area contributed by atoms with Crippen LogP contribution in [0.2, 0.25) is 0 Å². The Kier molecular flexibility index (Phi) is 5.37. The van der Waals surface area contributed by atoms with Crippen molar-refractivity contribution in [2.45, 2.75) is 6.92 Å². The Morgan fingerprint density at radius 3 is 2.09 bits per heavy atom. The van der Waals surface area contributed by atoms with Gasteiger partial charge in [-0.15, -0.1) is 0 Å². The maximum Gasteiger partial charge on any atom is 0.221 e. The van der Waals surface area contributed by atoms with Crippen molar-refractivity contribution in [3.05, 3.63) is 109 Å². The smallest absolute Gasteiger partial charge is 0.221 e. The molecule has 2 heterocycles. The first-order valence-corrected chi connectivity index (χ1v) is 10.4. The largest absolute Gasteiger partial charge is 0.439 e. The second-order valence-electron chi connectivity index (χ2n) is 7.32. The molecular formula is C27H21N3O2. The molecule has 0 saturated heterocycles. The minimum atomic E-state index is 0.504. The lowest BCUT2D eigenvalue weighted by Gasteiger charge is -2.09. The Labute approximate surface area is 186 Å². The Balaban J connectivity index is 1.39. The fourth-order valence-electron chi connectivity index (χ4n) is 3.44. The fourth-order valence-corrected chi connectivity index (χ4v) is 3.44. The van der Waals surface area contributed by atoms with Crippen LogP contribution in [0.4, 0.5) is 11.5 Å². The highest BCUT2D eigenvalue weighted by Crippen LogP contribution is 2.34. The number of pyridine rings is 1. The molecule has 0 atom stereocenters. The molecule has 0 aliphatic heterocycles. The predicted molar refractivity (Wildman–Crippen MR) is 126 cm³/mol. The van der Waals surface area contributed by atoms with E-state index in [0.29, 0.717) is 17.5 Å². The van der Waals surface area contributed by atoms with Gasteiger partial charge in [-0.2, -0.15) is 4.98 Å². The third-order valence-electron chi connectivity index (χ3n) is 5.06. The summed E-state index contributed by atoms with van der Waals surface area (Å²) in [5.74, 6) is 2.55. The zero-order chi connectivity index (χ0) is 21.8. The molecule has 0 radical (unpaired) electrons. The van der Waals surface area contributed by atoms with E-state index in [1.54, 1.807) is 0 Å². The summed E-state index contributed by atoms with van der Waals surface area (Å²) < 4.78 is 11.5. The molecule has 0 fully saturated rings. The Morgan fingerprint density at radius 1 is 0.688 bits per heavy atom. The van der Waals surface area contributed by atoms with Gasteiger partial charge in [-0.1, -0.05) is 84.0 Å². The zero-order valence-electron chi connectivity index (χ0n) is 17.5. The van der Waals surface area contributed by atoms with Gasteiger partial charge in [0.1, 0.15) is 22.9 Å². The van der Waals surface area contributed by atoms with E-state index in [9.17, 15) is 0 Å². The molecule has 0 amide bonds. The van der Waals surface area contributed by atoms with Crippen molar-refractivity contribution in [1.29, 1.82) is 0 Å². The molecule has 0 spiro atoms. The van der Waals surface area contributed by atoms with E-state index in [-0.39, 0.29) is 0 Å². The lowest BCUT2D eigenvalue weighted by atomic mass is 10.0. The molecule has 3 aromatic carbocycles. The van der Waals surface area contributed by atoms with Gasteiger partial charge in [0, 0.05) is 11.6 Å². The number of rotatable bonds is 6. The van der Waals surface area contributed by atoms with Gasteiger partial charge in [-0.3, -0.25) is 0 Å². The minimum Gasteiger partial charge on any atom is -0.439 e. The standard InChI is InChI=1S/C27H21N3O2/c1-19-26(29-24-13-8-14-25(28-24)31-23-11-6-3-7-12-23)27(32-30-19)22-17-15-21(16-18-22)20-9-4-2-5-10-20/h2-18H,1H3,(H,28,29). The van der Waals surface area contributed by atoms with Crippen LogP contribution < -0.4 is 10.1 Å². The number of aromatic nitrogens is 2. The van der Waals surface area contributed by atoms with Gasteiger partial charge in [0.05, 0.1) is 0 Å². The number of hydrogen-bond acceptors (Lipinski definition) is 5. The normalized spacial score (nSPS) is 10.7. The summed E-state index contributed by atoms with van der Waals surface area (Å²) in [6, 6.07) is 33.7. The van der Waals surface area contributed by atoms with E-state index in [1.165, 1.54) is 5.56 Å². The average molecular weight is 419 g/mol. The van der Waals surface area contributed by atoms with Crippen molar-refractivity contribution in [1.82, 2.24) is 10.1 Å². The van der Waals surface area contributed by atoms with Gasteiger partial charge in [0.2, 0.25) is 5.88 Å². The lowest BCUT2D eigenvalue weighted by Crippen LogP contribution is -1.97. The highest BCUT2D eigenvalue weighted by atomic mass is 16.5. The number of anilines is 2. The molecule has 156 valence electrons. The van der Waals surface area contributed by atoms with Crippen LogP contribution in [0.25, 0.3) is 22.5 Å². The van der Waals surface area contributed by atoms with E-state index >= 15 is 0 Å². The van der Waals surface area contributed by atoms with Crippen LogP contribution in [-0.4, -0.2) is 10.1 Å². The third kappa shape index (κ3) is 4.23. The molecule has 5 nitrogen and oxygen atoms in total. The van der Waals surface area contributed by atoms with Crippen molar-refractivity contribution in [3.8, 4) is 34.1 Å². The van der Waals surface area contributed by atoms with Crippen LogP contribution in [0.1, 0.15) is 5.69 Å². The number of benzene rings is 3. The summed E-state index contributed by atoms with van der Waals surface area (Å²) in [7, 11) is 0. The highest BCUT2D eigenvalue weighted by Gasteiger charge is 2.16. The van der Waals surface area contributed by atoms with E-state index < -0.39 is 0 Å².